The van der Waals surface area contributed by atoms with Crippen molar-refractivity contribution in [2.75, 3.05) is 5.75 Å². The summed E-state index contributed by atoms with van der Waals surface area (Å²) in [7, 11) is 0. The number of hydrogen-bond donors (Lipinski definition) is 3. The van der Waals surface area contributed by atoms with Gasteiger partial charge in [-0.05, 0) is 27.7 Å². The first kappa shape index (κ1) is 14.6. The van der Waals surface area contributed by atoms with E-state index in [0.717, 1.165) is 22.8 Å². The number of H-pyrrole nitrogens is 2. The molecule has 3 N–H and O–H groups in total. The van der Waals surface area contributed by atoms with Crippen molar-refractivity contribution < 1.29 is 4.79 Å². The molecule has 0 radical (unpaired) electrons. The summed E-state index contributed by atoms with van der Waals surface area (Å²) in [5, 5.41) is 17.3. The number of rotatable bonds is 5. The lowest BCUT2D eigenvalue weighted by molar-refractivity contribution is -0.119. The SMILES string of the molecule is Cc1nc(SCC(=O)NC(C)c2c(C)n[nH]c2C)n[nH]1. The second-order valence-corrected chi connectivity index (χ2v) is 5.57. The monoisotopic (exact) mass is 294 g/mol. The fourth-order valence-corrected chi connectivity index (χ4v) is 2.72. The van der Waals surface area contributed by atoms with Crippen molar-refractivity contribution in [3.05, 3.63) is 22.8 Å². The first-order valence-electron chi connectivity index (χ1n) is 6.30. The molecule has 0 aromatic carbocycles. The summed E-state index contributed by atoms with van der Waals surface area (Å²) in [5.74, 6) is 0.980. The molecule has 0 fully saturated rings. The molecule has 0 saturated heterocycles. The minimum atomic E-state index is -0.0734. The van der Waals surface area contributed by atoms with Crippen molar-refractivity contribution >= 4 is 17.7 Å². The quantitative estimate of drug-likeness (QED) is 0.724. The average Bonchev–Trinajstić information content (AvgIpc) is 2.93. The van der Waals surface area contributed by atoms with E-state index in [4.69, 9.17) is 0 Å². The van der Waals surface area contributed by atoms with E-state index in [9.17, 15) is 4.79 Å². The molecule has 2 rings (SSSR count). The number of hydrogen-bond acceptors (Lipinski definition) is 5. The Morgan fingerprint density at radius 1 is 1.30 bits per heavy atom. The van der Waals surface area contributed by atoms with Crippen LogP contribution < -0.4 is 5.32 Å². The first-order chi connectivity index (χ1) is 9.47. The van der Waals surface area contributed by atoms with E-state index in [1.807, 2.05) is 27.7 Å². The molecule has 0 aliphatic carbocycles. The molecule has 1 atom stereocenters. The molecule has 0 aliphatic heterocycles. The standard InChI is InChI=1S/C12H18N6OS/c1-6(11-7(2)15-16-8(11)3)13-10(19)5-20-12-14-9(4)17-18-12/h6H,5H2,1-4H3,(H,13,19)(H,15,16)(H,14,17,18). The Balaban J connectivity index is 1.88. The van der Waals surface area contributed by atoms with Crippen LogP contribution in [0.15, 0.2) is 5.16 Å². The number of nitrogens with one attached hydrogen (secondary N) is 3. The molecular weight excluding hydrogens is 276 g/mol. The topological polar surface area (TPSA) is 99.3 Å². The van der Waals surface area contributed by atoms with Gasteiger partial charge in [-0.15, -0.1) is 5.10 Å². The Kier molecular flexibility index (Phi) is 4.43. The van der Waals surface area contributed by atoms with Crippen molar-refractivity contribution in [3.63, 3.8) is 0 Å². The third kappa shape index (κ3) is 3.38. The summed E-state index contributed by atoms with van der Waals surface area (Å²) in [5.41, 5.74) is 2.93. The van der Waals surface area contributed by atoms with Gasteiger partial charge >= 0.3 is 0 Å². The molecule has 108 valence electrons. The normalized spacial score (nSPS) is 12.4. The summed E-state index contributed by atoms with van der Waals surface area (Å²) in [4.78, 5) is 16.1. The van der Waals surface area contributed by atoms with Gasteiger partial charge in [0.25, 0.3) is 0 Å². The van der Waals surface area contributed by atoms with Crippen molar-refractivity contribution in [1.29, 1.82) is 0 Å². The molecule has 1 amide bonds. The van der Waals surface area contributed by atoms with E-state index in [1.165, 1.54) is 11.8 Å². The van der Waals surface area contributed by atoms with Crippen LogP contribution in [0.25, 0.3) is 0 Å². The molecule has 0 saturated carbocycles. The van der Waals surface area contributed by atoms with Crippen LogP contribution in [0, 0.1) is 20.8 Å². The Labute approximate surface area is 121 Å². The van der Waals surface area contributed by atoms with Crippen molar-refractivity contribution in [2.45, 2.75) is 38.9 Å². The average molecular weight is 294 g/mol. The zero-order valence-electron chi connectivity index (χ0n) is 11.9. The predicted octanol–water partition coefficient (Wildman–Crippen LogP) is 1.42. The second-order valence-electron chi connectivity index (χ2n) is 4.63. The van der Waals surface area contributed by atoms with E-state index in [1.54, 1.807) is 0 Å². The minimum Gasteiger partial charge on any atom is -0.349 e. The molecule has 1 unspecified atom stereocenters. The Bertz CT molecular complexity index is 585. The third-order valence-corrected chi connectivity index (χ3v) is 3.75. The van der Waals surface area contributed by atoms with Crippen LogP contribution >= 0.6 is 11.8 Å². The summed E-state index contributed by atoms with van der Waals surface area (Å²) in [6, 6.07) is -0.0734. The van der Waals surface area contributed by atoms with Crippen LogP contribution in [0.1, 0.15) is 35.7 Å². The van der Waals surface area contributed by atoms with E-state index in [2.05, 4.69) is 30.7 Å². The van der Waals surface area contributed by atoms with Crippen LogP contribution in [0.2, 0.25) is 0 Å². The number of aryl methyl sites for hydroxylation is 3. The Morgan fingerprint density at radius 3 is 2.60 bits per heavy atom. The molecule has 2 aromatic heterocycles. The van der Waals surface area contributed by atoms with Crippen LogP contribution in [-0.4, -0.2) is 37.0 Å². The lowest BCUT2D eigenvalue weighted by Gasteiger charge is -2.14. The predicted molar refractivity (Wildman–Crippen MR) is 76.5 cm³/mol. The van der Waals surface area contributed by atoms with E-state index >= 15 is 0 Å². The molecule has 2 aromatic rings. The fraction of sp³-hybridized carbons (Fsp3) is 0.500. The molecule has 20 heavy (non-hydrogen) atoms. The van der Waals surface area contributed by atoms with Crippen molar-refractivity contribution in [2.24, 2.45) is 0 Å². The summed E-state index contributed by atoms with van der Waals surface area (Å²) in [6.07, 6.45) is 0. The molecule has 7 nitrogen and oxygen atoms in total. The highest BCUT2D eigenvalue weighted by Gasteiger charge is 2.16. The molecule has 0 aliphatic rings. The summed E-state index contributed by atoms with van der Waals surface area (Å²) < 4.78 is 0. The summed E-state index contributed by atoms with van der Waals surface area (Å²) in [6.45, 7) is 7.64. The largest absolute Gasteiger partial charge is 0.349 e. The zero-order valence-corrected chi connectivity index (χ0v) is 12.8. The number of nitrogens with zero attached hydrogens (tertiary/aromatic N) is 3. The molecule has 0 bridgehead atoms. The molecule has 8 heteroatoms. The molecule has 0 spiro atoms. The van der Waals surface area contributed by atoms with Crippen LogP contribution in [0.4, 0.5) is 0 Å². The van der Waals surface area contributed by atoms with E-state index in [-0.39, 0.29) is 17.7 Å². The highest BCUT2D eigenvalue weighted by Crippen LogP contribution is 2.19. The third-order valence-electron chi connectivity index (χ3n) is 2.90. The number of aromatic amines is 2. The van der Waals surface area contributed by atoms with Gasteiger partial charge in [-0.1, -0.05) is 11.8 Å². The van der Waals surface area contributed by atoms with Gasteiger partial charge in [-0.25, -0.2) is 4.98 Å². The number of thioether (sulfide) groups is 1. The van der Waals surface area contributed by atoms with Crippen LogP contribution in [-0.2, 0) is 4.79 Å². The van der Waals surface area contributed by atoms with E-state index < -0.39 is 0 Å². The Morgan fingerprint density at radius 2 is 2.05 bits per heavy atom. The van der Waals surface area contributed by atoms with Crippen molar-refractivity contribution in [3.8, 4) is 0 Å². The van der Waals surface area contributed by atoms with Gasteiger partial charge in [0.05, 0.1) is 17.5 Å². The maximum Gasteiger partial charge on any atom is 0.230 e. The number of carbonyl (C=O) groups is 1. The first-order valence-corrected chi connectivity index (χ1v) is 7.28. The minimum absolute atomic E-state index is 0.0510. The lowest BCUT2D eigenvalue weighted by atomic mass is 10.1. The van der Waals surface area contributed by atoms with Gasteiger partial charge in [0.1, 0.15) is 5.82 Å². The smallest absolute Gasteiger partial charge is 0.230 e. The lowest BCUT2D eigenvalue weighted by Crippen LogP contribution is -2.28. The van der Waals surface area contributed by atoms with Gasteiger partial charge < -0.3 is 5.32 Å². The highest BCUT2D eigenvalue weighted by atomic mass is 32.2. The Hall–Kier alpha value is -1.83. The van der Waals surface area contributed by atoms with Gasteiger partial charge in [-0.3, -0.25) is 15.0 Å². The molecule has 2 heterocycles. The fourth-order valence-electron chi connectivity index (χ4n) is 2.07. The number of carbonyl (C=O) groups excluding carboxylic acids is 1. The van der Waals surface area contributed by atoms with Crippen LogP contribution in [0.3, 0.4) is 0 Å². The van der Waals surface area contributed by atoms with Gasteiger partial charge in [0, 0.05) is 11.3 Å². The van der Waals surface area contributed by atoms with Gasteiger partial charge in [-0.2, -0.15) is 5.10 Å². The maximum atomic E-state index is 11.9. The zero-order chi connectivity index (χ0) is 14.7. The number of amides is 1. The number of aromatic nitrogens is 5. The van der Waals surface area contributed by atoms with Gasteiger partial charge in [0.15, 0.2) is 0 Å². The highest BCUT2D eigenvalue weighted by molar-refractivity contribution is 7.99. The van der Waals surface area contributed by atoms with Crippen molar-refractivity contribution in [1.82, 2.24) is 30.7 Å². The van der Waals surface area contributed by atoms with Gasteiger partial charge in [0.2, 0.25) is 11.1 Å². The second kappa shape index (κ2) is 6.08. The maximum absolute atomic E-state index is 11.9. The summed E-state index contributed by atoms with van der Waals surface area (Å²) >= 11 is 1.31. The van der Waals surface area contributed by atoms with E-state index in [0.29, 0.717) is 5.16 Å². The van der Waals surface area contributed by atoms with Crippen LogP contribution in [0.5, 0.6) is 0 Å². The molecular formula is C12H18N6OS.